The average molecular weight is 371 g/mol. The number of aryl methyl sites for hydroxylation is 1. The summed E-state index contributed by atoms with van der Waals surface area (Å²) in [7, 11) is -3.66. The second-order valence-electron chi connectivity index (χ2n) is 4.45. The predicted molar refractivity (Wildman–Crippen MR) is 82.8 cm³/mol. The van der Waals surface area contributed by atoms with Gasteiger partial charge in [0, 0.05) is 17.2 Å². The van der Waals surface area contributed by atoms with E-state index in [0.717, 1.165) is 11.1 Å². The third kappa shape index (κ3) is 3.85. The molecule has 8 heteroatoms. The van der Waals surface area contributed by atoms with Gasteiger partial charge in [-0.25, -0.2) is 23.1 Å². The highest BCUT2D eigenvalue weighted by atomic mass is 79.9. The van der Waals surface area contributed by atoms with E-state index < -0.39 is 10.0 Å². The first kappa shape index (κ1) is 16.0. The summed E-state index contributed by atoms with van der Waals surface area (Å²) in [4.78, 5) is 7.94. The number of nitrogens with two attached hydrogens (primary N) is 1. The van der Waals surface area contributed by atoms with Gasteiger partial charge in [-0.15, -0.1) is 0 Å². The third-order valence-corrected chi connectivity index (χ3v) is 5.63. The van der Waals surface area contributed by atoms with Crippen LogP contribution in [0.3, 0.4) is 0 Å². The fraction of sp³-hybridized carbons (Fsp3) is 0.231. The van der Waals surface area contributed by atoms with Crippen molar-refractivity contribution in [1.29, 1.82) is 0 Å². The maximum Gasteiger partial charge on any atom is 0.242 e. The first-order chi connectivity index (χ1) is 9.94. The lowest BCUT2D eigenvalue weighted by atomic mass is 10.1. The van der Waals surface area contributed by atoms with Gasteiger partial charge in [-0.05, 0) is 46.1 Å². The Kier molecular flexibility index (Phi) is 5.04. The van der Waals surface area contributed by atoms with Crippen LogP contribution in [0.5, 0.6) is 0 Å². The van der Waals surface area contributed by atoms with E-state index >= 15 is 0 Å². The van der Waals surface area contributed by atoms with E-state index in [1.807, 2.05) is 13.0 Å². The number of benzene rings is 1. The van der Waals surface area contributed by atoms with Crippen molar-refractivity contribution in [2.24, 2.45) is 5.73 Å². The number of rotatable bonds is 5. The summed E-state index contributed by atoms with van der Waals surface area (Å²) in [5.74, 6) is 0. The molecule has 1 aromatic carbocycles. The molecule has 3 N–H and O–H groups in total. The van der Waals surface area contributed by atoms with Crippen molar-refractivity contribution in [3.05, 3.63) is 52.0 Å². The molecule has 2 aromatic rings. The van der Waals surface area contributed by atoms with E-state index in [9.17, 15) is 8.42 Å². The molecule has 0 aliphatic rings. The largest absolute Gasteiger partial charge is 0.326 e. The average Bonchev–Trinajstić information content (AvgIpc) is 2.48. The van der Waals surface area contributed by atoms with Gasteiger partial charge in [-0.2, -0.15) is 0 Å². The van der Waals surface area contributed by atoms with Crippen LogP contribution < -0.4 is 10.5 Å². The van der Waals surface area contributed by atoms with E-state index in [2.05, 4.69) is 30.6 Å². The van der Waals surface area contributed by atoms with Crippen LogP contribution in [-0.2, 0) is 23.1 Å². The normalized spacial score (nSPS) is 11.6. The fourth-order valence-electron chi connectivity index (χ4n) is 1.79. The zero-order chi connectivity index (χ0) is 15.5. The Bertz CT molecular complexity index is 735. The van der Waals surface area contributed by atoms with Crippen LogP contribution in [-0.4, -0.2) is 18.4 Å². The van der Waals surface area contributed by atoms with Crippen LogP contribution in [0.15, 0.2) is 40.1 Å². The Morgan fingerprint density at radius 3 is 2.76 bits per heavy atom. The first-order valence-electron chi connectivity index (χ1n) is 6.17. The van der Waals surface area contributed by atoms with E-state index in [0.29, 0.717) is 10.2 Å². The number of hydrogen-bond acceptors (Lipinski definition) is 5. The molecule has 0 saturated heterocycles. The lowest BCUT2D eigenvalue weighted by molar-refractivity contribution is 0.579. The molecule has 0 aliphatic heterocycles. The molecule has 6 nitrogen and oxygen atoms in total. The molecule has 0 radical (unpaired) electrons. The second-order valence-corrected chi connectivity index (χ2v) is 6.98. The topological polar surface area (TPSA) is 98.0 Å². The fourth-order valence-corrected chi connectivity index (χ4v) is 3.86. The summed E-state index contributed by atoms with van der Waals surface area (Å²) >= 11 is 3.32. The van der Waals surface area contributed by atoms with E-state index in [4.69, 9.17) is 5.73 Å². The Hall–Kier alpha value is -1.35. The molecule has 112 valence electrons. The number of hydrogen-bond donors (Lipinski definition) is 2. The summed E-state index contributed by atoms with van der Waals surface area (Å²) < 4.78 is 27.9. The van der Waals surface area contributed by atoms with Gasteiger partial charge in [0.05, 0.1) is 17.1 Å². The van der Waals surface area contributed by atoms with Crippen LogP contribution in [0, 0.1) is 6.92 Å². The number of nitrogens with one attached hydrogen (secondary N) is 1. The standard InChI is InChI=1S/C13H15BrN4O2S/c1-9-4-10(6-15)5-12(13(9)14)21(19,20)18-7-11-2-3-16-8-17-11/h2-5,8,18H,6-7,15H2,1H3. The van der Waals surface area contributed by atoms with Crippen molar-refractivity contribution >= 4 is 26.0 Å². The van der Waals surface area contributed by atoms with Crippen LogP contribution in [0.2, 0.25) is 0 Å². The Morgan fingerprint density at radius 2 is 2.14 bits per heavy atom. The van der Waals surface area contributed by atoms with Crippen LogP contribution in [0.1, 0.15) is 16.8 Å². The Labute approximate surface area is 132 Å². The van der Waals surface area contributed by atoms with E-state index in [1.54, 1.807) is 18.3 Å². The molecule has 0 spiro atoms. The smallest absolute Gasteiger partial charge is 0.242 e. The predicted octanol–water partition coefficient (Wildman–Crippen LogP) is 1.48. The number of aromatic nitrogens is 2. The molecule has 1 heterocycles. The molecule has 21 heavy (non-hydrogen) atoms. The highest BCUT2D eigenvalue weighted by Gasteiger charge is 2.19. The second kappa shape index (κ2) is 6.61. The minimum absolute atomic E-state index is 0.100. The molecular formula is C13H15BrN4O2S. The van der Waals surface area contributed by atoms with Crippen LogP contribution >= 0.6 is 15.9 Å². The molecule has 0 fully saturated rings. The zero-order valence-electron chi connectivity index (χ0n) is 11.4. The van der Waals surface area contributed by atoms with E-state index in [1.165, 1.54) is 6.33 Å². The van der Waals surface area contributed by atoms with Crippen LogP contribution in [0.25, 0.3) is 0 Å². The molecule has 0 amide bonds. The third-order valence-electron chi connectivity index (χ3n) is 2.89. The molecular weight excluding hydrogens is 356 g/mol. The molecule has 0 saturated carbocycles. The minimum atomic E-state index is -3.66. The van der Waals surface area contributed by atoms with Gasteiger partial charge in [0.15, 0.2) is 0 Å². The molecule has 1 aromatic heterocycles. The monoisotopic (exact) mass is 370 g/mol. The Balaban J connectivity index is 2.29. The van der Waals surface area contributed by atoms with Gasteiger partial charge < -0.3 is 5.73 Å². The van der Waals surface area contributed by atoms with Crippen molar-refractivity contribution in [3.8, 4) is 0 Å². The van der Waals surface area contributed by atoms with Gasteiger partial charge >= 0.3 is 0 Å². The van der Waals surface area contributed by atoms with Gasteiger partial charge in [0.25, 0.3) is 0 Å². The van der Waals surface area contributed by atoms with Gasteiger partial charge in [-0.3, -0.25) is 0 Å². The van der Waals surface area contributed by atoms with Gasteiger partial charge in [0.1, 0.15) is 6.33 Å². The van der Waals surface area contributed by atoms with Crippen molar-refractivity contribution < 1.29 is 8.42 Å². The minimum Gasteiger partial charge on any atom is -0.326 e. The SMILES string of the molecule is Cc1cc(CN)cc(S(=O)(=O)NCc2ccncn2)c1Br. The van der Waals surface area contributed by atoms with Gasteiger partial charge in [-0.1, -0.05) is 6.07 Å². The molecule has 0 bridgehead atoms. The molecule has 0 aliphatic carbocycles. The number of nitrogens with zero attached hydrogens (tertiary/aromatic N) is 2. The summed E-state index contributed by atoms with van der Waals surface area (Å²) in [6.45, 7) is 2.21. The summed E-state index contributed by atoms with van der Waals surface area (Å²) in [5.41, 5.74) is 7.77. The molecule has 0 unspecified atom stereocenters. The number of sulfonamides is 1. The van der Waals surface area contributed by atoms with Crippen LogP contribution in [0.4, 0.5) is 0 Å². The van der Waals surface area contributed by atoms with Crippen molar-refractivity contribution in [3.63, 3.8) is 0 Å². The lowest BCUT2D eigenvalue weighted by Gasteiger charge is -2.12. The summed E-state index contributed by atoms with van der Waals surface area (Å²) in [5, 5.41) is 0. The van der Waals surface area contributed by atoms with E-state index in [-0.39, 0.29) is 18.0 Å². The first-order valence-corrected chi connectivity index (χ1v) is 8.45. The maximum atomic E-state index is 12.4. The highest BCUT2D eigenvalue weighted by Crippen LogP contribution is 2.27. The van der Waals surface area contributed by atoms with Crippen molar-refractivity contribution in [2.45, 2.75) is 24.9 Å². The lowest BCUT2D eigenvalue weighted by Crippen LogP contribution is -2.24. The quantitative estimate of drug-likeness (QED) is 0.830. The zero-order valence-corrected chi connectivity index (χ0v) is 13.8. The van der Waals surface area contributed by atoms with Crippen molar-refractivity contribution in [2.75, 3.05) is 0 Å². The Morgan fingerprint density at radius 1 is 1.38 bits per heavy atom. The number of halogens is 1. The van der Waals surface area contributed by atoms with Crippen molar-refractivity contribution in [1.82, 2.24) is 14.7 Å². The maximum absolute atomic E-state index is 12.4. The molecule has 2 rings (SSSR count). The van der Waals surface area contributed by atoms with Gasteiger partial charge in [0.2, 0.25) is 10.0 Å². The highest BCUT2D eigenvalue weighted by molar-refractivity contribution is 9.10. The summed E-state index contributed by atoms with van der Waals surface area (Å²) in [6, 6.07) is 5.08. The molecule has 0 atom stereocenters. The summed E-state index contributed by atoms with van der Waals surface area (Å²) in [6.07, 6.45) is 2.94.